The molecule has 0 aliphatic rings. The van der Waals surface area contributed by atoms with Gasteiger partial charge in [0.25, 0.3) is 0 Å². The Kier molecular flexibility index (Phi) is 5.13. The molecule has 106 valence electrons. The van der Waals surface area contributed by atoms with Gasteiger partial charge < -0.3 is 5.32 Å². The molecular weight excluding hydrogens is 348 g/mol. The van der Waals surface area contributed by atoms with Crippen molar-refractivity contribution in [2.45, 2.75) is 12.5 Å². The summed E-state index contributed by atoms with van der Waals surface area (Å²) in [5.74, 6) is -0.673. The normalized spacial score (nSPS) is 12.4. The molecule has 0 aliphatic carbocycles. The fourth-order valence-corrected chi connectivity index (χ4v) is 2.54. The summed E-state index contributed by atoms with van der Waals surface area (Å²) in [4.78, 5) is 0. The van der Waals surface area contributed by atoms with Gasteiger partial charge in [-0.05, 0) is 53.2 Å². The minimum Gasteiger partial charge on any atom is -0.313 e. The number of rotatable bonds is 4. The van der Waals surface area contributed by atoms with E-state index in [0.29, 0.717) is 27.0 Å². The van der Waals surface area contributed by atoms with E-state index < -0.39 is 0 Å². The second-order valence-electron chi connectivity index (χ2n) is 4.42. The summed E-state index contributed by atoms with van der Waals surface area (Å²) in [5, 5.41) is 3.43. The maximum atomic E-state index is 14.0. The smallest absolute Gasteiger partial charge is 0.129 e. The summed E-state index contributed by atoms with van der Waals surface area (Å²) in [6, 6.07) is 9.01. The average molecular weight is 361 g/mol. The maximum absolute atomic E-state index is 14.0. The molecule has 0 fully saturated rings. The zero-order chi connectivity index (χ0) is 14.7. The molecule has 5 heteroatoms. The van der Waals surface area contributed by atoms with Crippen LogP contribution in [-0.2, 0) is 6.42 Å². The first-order valence-electron chi connectivity index (χ1n) is 6.08. The maximum Gasteiger partial charge on any atom is 0.129 e. The van der Waals surface area contributed by atoms with Crippen LogP contribution in [0.2, 0.25) is 5.02 Å². The van der Waals surface area contributed by atoms with Crippen molar-refractivity contribution in [2.24, 2.45) is 0 Å². The van der Waals surface area contributed by atoms with Crippen LogP contribution >= 0.6 is 27.5 Å². The van der Waals surface area contributed by atoms with Crippen LogP contribution in [0.4, 0.5) is 8.78 Å². The first-order chi connectivity index (χ1) is 9.52. The van der Waals surface area contributed by atoms with Gasteiger partial charge in [0.2, 0.25) is 0 Å². The van der Waals surface area contributed by atoms with Crippen LogP contribution in [0.15, 0.2) is 40.9 Å². The molecule has 0 bridgehead atoms. The highest BCUT2D eigenvalue weighted by Gasteiger charge is 2.18. The standard InChI is InChI=1S/C15H13BrClF2N/c1-20-15(6-9-4-2-3-5-13(9)18)10-7-12(17)11(16)8-14(10)19/h2-5,7-8,15,20H,6H2,1H3. The van der Waals surface area contributed by atoms with Crippen LogP contribution in [-0.4, -0.2) is 7.05 Å². The van der Waals surface area contributed by atoms with Gasteiger partial charge in [-0.3, -0.25) is 0 Å². The number of benzene rings is 2. The van der Waals surface area contributed by atoms with Crippen LogP contribution in [0.25, 0.3) is 0 Å². The molecule has 2 aromatic carbocycles. The summed E-state index contributed by atoms with van der Waals surface area (Å²) < 4.78 is 28.2. The highest BCUT2D eigenvalue weighted by Crippen LogP contribution is 2.30. The van der Waals surface area contributed by atoms with Crippen LogP contribution in [0.1, 0.15) is 17.2 Å². The van der Waals surface area contributed by atoms with Gasteiger partial charge in [0.15, 0.2) is 0 Å². The molecule has 20 heavy (non-hydrogen) atoms. The molecule has 2 aromatic rings. The van der Waals surface area contributed by atoms with E-state index in [4.69, 9.17) is 11.6 Å². The third kappa shape index (κ3) is 3.37. The Labute approximate surface area is 130 Å². The van der Waals surface area contributed by atoms with E-state index in [1.807, 2.05) is 0 Å². The molecule has 0 saturated heterocycles. The van der Waals surface area contributed by atoms with Crippen LogP contribution in [0, 0.1) is 11.6 Å². The Morgan fingerprint density at radius 3 is 2.55 bits per heavy atom. The predicted octanol–water partition coefficient (Wildman–Crippen LogP) is 4.88. The molecule has 0 aromatic heterocycles. The molecule has 1 unspecified atom stereocenters. The van der Waals surface area contributed by atoms with Crippen molar-refractivity contribution < 1.29 is 8.78 Å². The monoisotopic (exact) mass is 359 g/mol. The zero-order valence-electron chi connectivity index (χ0n) is 10.8. The Bertz CT molecular complexity index is 619. The first-order valence-corrected chi connectivity index (χ1v) is 7.25. The van der Waals surface area contributed by atoms with Crippen molar-refractivity contribution in [1.29, 1.82) is 0 Å². The van der Waals surface area contributed by atoms with Crippen LogP contribution in [0.3, 0.4) is 0 Å². The third-order valence-electron chi connectivity index (χ3n) is 3.15. The minimum atomic E-state index is -0.378. The van der Waals surface area contributed by atoms with Crippen molar-refractivity contribution in [3.63, 3.8) is 0 Å². The summed E-state index contributed by atoms with van der Waals surface area (Å²) >= 11 is 9.18. The van der Waals surface area contributed by atoms with E-state index in [-0.39, 0.29) is 17.7 Å². The van der Waals surface area contributed by atoms with Crippen molar-refractivity contribution in [1.82, 2.24) is 5.32 Å². The Morgan fingerprint density at radius 1 is 1.20 bits per heavy atom. The number of hydrogen-bond donors (Lipinski definition) is 1. The molecule has 1 nitrogen and oxygen atoms in total. The van der Waals surface area contributed by atoms with Gasteiger partial charge in [0.05, 0.1) is 5.02 Å². The molecule has 0 spiro atoms. The molecule has 2 rings (SSSR count). The van der Waals surface area contributed by atoms with E-state index in [1.165, 1.54) is 12.1 Å². The van der Waals surface area contributed by atoms with E-state index in [9.17, 15) is 8.78 Å². The highest BCUT2D eigenvalue weighted by molar-refractivity contribution is 9.10. The number of halogens is 4. The zero-order valence-corrected chi connectivity index (χ0v) is 13.1. The quantitative estimate of drug-likeness (QED) is 0.766. The summed E-state index contributed by atoms with van der Waals surface area (Å²) in [5.41, 5.74) is 0.953. The van der Waals surface area contributed by atoms with Gasteiger partial charge in [-0.2, -0.15) is 0 Å². The Balaban J connectivity index is 2.34. The third-order valence-corrected chi connectivity index (χ3v) is 4.34. The largest absolute Gasteiger partial charge is 0.313 e. The molecule has 0 saturated carbocycles. The van der Waals surface area contributed by atoms with Gasteiger partial charge in [-0.1, -0.05) is 29.8 Å². The lowest BCUT2D eigenvalue weighted by Gasteiger charge is -2.18. The van der Waals surface area contributed by atoms with Gasteiger partial charge in [0, 0.05) is 16.1 Å². The predicted molar refractivity (Wildman–Crippen MR) is 81.0 cm³/mol. The van der Waals surface area contributed by atoms with Crippen LogP contribution < -0.4 is 5.32 Å². The second-order valence-corrected chi connectivity index (χ2v) is 5.69. The van der Waals surface area contributed by atoms with Crippen LogP contribution in [0.5, 0.6) is 0 Å². The SMILES string of the molecule is CNC(Cc1ccccc1F)c1cc(Cl)c(Br)cc1F. The lowest BCUT2D eigenvalue weighted by molar-refractivity contribution is 0.519. The lowest BCUT2D eigenvalue weighted by Crippen LogP contribution is -2.20. The molecular formula is C15H13BrClF2N. The Morgan fingerprint density at radius 2 is 1.90 bits per heavy atom. The van der Waals surface area contributed by atoms with Crippen molar-refractivity contribution in [3.05, 3.63) is 68.7 Å². The fourth-order valence-electron chi connectivity index (χ4n) is 2.06. The molecule has 1 atom stereocenters. The van der Waals surface area contributed by atoms with Gasteiger partial charge >= 0.3 is 0 Å². The van der Waals surface area contributed by atoms with E-state index in [0.717, 1.165) is 0 Å². The molecule has 0 radical (unpaired) electrons. The van der Waals surface area contributed by atoms with Crippen molar-refractivity contribution >= 4 is 27.5 Å². The van der Waals surface area contributed by atoms with Crippen molar-refractivity contribution in [3.8, 4) is 0 Å². The summed E-state index contributed by atoms with van der Waals surface area (Å²) in [6.07, 6.45) is 0.345. The number of nitrogens with one attached hydrogen (secondary N) is 1. The molecule has 0 aliphatic heterocycles. The molecule has 0 amide bonds. The highest BCUT2D eigenvalue weighted by atomic mass is 79.9. The summed E-state index contributed by atoms with van der Waals surface area (Å²) in [6.45, 7) is 0. The Hall–Kier alpha value is -0.970. The molecule has 0 heterocycles. The van der Waals surface area contributed by atoms with E-state index in [2.05, 4.69) is 21.2 Å². The first kappa shape index (κ1) is 15.4. The lowest BCUT2D eigenvalue weighted by atomic mass is 9.98. The summed E-state index contributed by atoms with van der Waals surface area (Å²) in [7, 11) is 1.71. The van der Waals surface area contributed by atoms with Gasteiger partial charge in [-0.15, -0.1) is 0 Å². The minimum absolute atomic E-state index is 0.295. The number of likely N-dealkylation sites (N-methyl/N-ethyl adjacent to an activating group) is 1. The fraction of sp³-hybridized carbons (Fsp3) is 0.200. The van der Waals surface area contributed by atoms with Crippen molar-refractivity contribution in [2.75, 3.05) is 7.05 Å². The topological polar surface area (TPSA) is 12.0 Å². The second kappa shape index (κ2) is 6.66. The van der Waals surface area contributed by atoms with Gasteiger partial charge in [-0.25, -0.2) is 8.78 Å². The van der Waals surface area contributed by atoms with Gasteiger partial charge in [0.1, 0.15) is 11.6 Å². The average Bonchev–Trinajstić information content (AvgIpc) is 2.42. The van der Waals surface area contributed by atoms with E-state index >= 15 is 0 Å². The molecule has 1 N–H and O–H groups in total. The number of hydrogen-bond acceptors (Lipinski definition) is 1. The van der Waals surface area contributed by atoms with E-state index in [1.54, 1.807) is 31.3 Å².